The van der Waals surface area contributed by atoms with Crippen molar-refractivity contribution in [1.29, 1.82) is 0 Å². The molecule has 8 heteroatoms. The topological polar surface area (TPSA) is 109 Å². The minimum Gasteiger partial charge on any atom is -0.478 e. The number of benzene rings is 2. The molecule has 0 saturated carbocycles. The SMILES string of the molecule is Nc1ccc(S(=O)(=O)Nc2ccccc2Br)c(C(=O)O)c1. The van der Waals surface area contributed by atoms with Gasteiger partial charge in [0.15, 0.2) is 0 Å². The largest absolute Gasteiger partial charge is 0.478 e. The van der Waals surface area contributed by atoms with Crippen LogP contribution in [0.4, 0.5) is 11.4 Å². The van der Waals surface area contributed by atoms with Gasteiger partial charge in [-0.3, -0.25) is 4.72 Å². The summed E-state index contributed by atoms with van der Waals surface area (Å²) < 4.78 is 27.6. The van der Waals surface area contributed by atoms with Crippen molar-refractivity contribution in [3.05, 3.63) is 52.5 Å². The molecule has 0 unspecified atom stereocenters. The molecule has 0 saturated heterocycles. The number of rotatable bonds is 4. The molecule has 4 N–H and O–H groups in total. The van der Waals surface area contributed by atoms with Gasteiger partial charge in [0.25, 0.3) is 10.0 Å². The number of nitrogen functional groups attached to an aromatic ring is 1. The number of carboxylic acids is 1. The first kappa shape index (κ1) is 15.3. The van der Waals surface area contributed by atoms with E-state index in [0.29, 0.717) is 10.2 Å². The lowest BCUT2D eigenvalue weighted by molar-refractivity contribution is 0.0692. The molecule has 0 aliphatic carbocycles. The lowest BCUT2D eigenvalue weighted by Gasteiger charge is -2.12. The zero-order valence-electron chi connectivity index (χ0n) is 10.6. The van der Waals surface area contributed by atoms with Crippen LogP contribution in [0.5, 0.6) is 0 Å². The Morgan fingerprint density at radius 2 is 1.86 bits per heavy atom. The van der Waals surface area contributed by atoms with Crippen LogP contribution in [0.25, 0.3) is 0 Å². The highest BCUT2D eigenvalue weighted by Gasteiger charge is 2.23. The maximum Gasteiger partial charge on any atom is 0.337 e. The minimum atomic E-state index is -4.04. The molecule has 2 rings (SSSR count). The smallest absolute Gasteiger partial charge is 0.337 e. The van der Waals surface area contributed by atoms with Crippen molar-refractivity contribution in [2.45, 2.75) is 4.90 Å². The molecule has 110 valence electrons. The van der Waals surface area contributed by atoms with Crippen LogP contribution in [-0.2, 0) is 10.0 Å². The van der Waals surface area contributed by atoms with Crippen molar-refractivity contribution >= 4 is 43.3 Å². The lowest BCUT2D eigenvalue weighted by atomic mass is 10.2. The summed E-state index contributed by atoms with van der Waals surface area (Å²) >= 11 is 3.22. The summed E-state index contributed by atoms with van der Waals surface area (Å²) in [6.45, 7) is 0. The van der Waals surface area contributed by atoms with Crippen molar-refractivity contribution in [2.24, 2.45) is 0 Å². The van der Waals surface area contributed by atoms with E-state index in [1.807, 2.05) is 0 Å². The first-order chi connectivity index (χ1) is 9.81. The Morgan fingerprint density at radius 1 is 1.19 bits per heavy atom. The summed E-state index contributed by atoms with van der Waals surface area (Å²) in [7, 11) is -4.04. The predicted octanol–water partition coefficient (Wildman–Crippen LogP) is 2.53. The van der Waals surface area contributed by atoms with Crippen molar-refractivity contribution in [2.75, 3.05) is 10.5 Å². The second-order valence-corrected chi connectivity index (χ2v) is 6.65. The van der Waals surface area contributed by atoms with Crippen LogP contribution in [0.2, 0.25) is 0 Å². The third-order valence-corrected chi connectivity index (χ3v) is 4.76. The monoisotopic (exact) mass is 370 g/mol. The van der Waals surface area contributed by atoms with Gasteiger partial charge in [-0.15, -0.1) is 0 Å². The van der Waals surface area contributed by atoms with Gasteiger partial charge < -0.3 is 10.8 Å². The summed E-state index contributed by atoms with van der Waals surface area (Å²) in [5.41, 5.74) is 5.60. The number of hydrogen-bond donors (Lipinski definition) is 3. The molecule has 0 heterocycles. The number of carboxylic acid groups (broad SMARTS) is 1. The number of nitrogens with two attached hydrogens (primary N) is 1. The Balaban J connectivity index is 2.50. The Kier molecular flexibility index (Phi) is 4.19. The summed E-state index contributed by atoms with van der Waals surface area (Å²) in [4.78, 5) is 10.8. The van der Waals surface area contributed by atoms with Crippen LogP contribution >= 0.6 is 15.9 Å². The third kappa shape index (κ3) is 3.34. The van der Waals surface area contributed by atoms with Crippen molar-refractivity contribution in [1.82, 2.24) is 0 Å². The number of anilines is 2. The van der Waals surface area contributed by atoms with Gasteiger partial charge in [-0.25, -0.2) is 13.2 Å². The van der Waals surface area contributed by atoms with E-state index in [1.165, 1.54) is 6.07 Å². The Labute approximate surface area is 129 Å². The summed E-state index contributed by atoms with van der Waals surface area (Å²) in [6.07, 6.45) is 0. The van der Waals surface area contributed by atoms with Crippen LogP contribution in [0.3, 0.4) is 0 Å². The van der Waals surface area contributed by atoms with E-state index in [4.69, 9.17) is 10.8 Å². The Morgan fingerprint density at radius 3 is 2.48 bits per heavy atom. The van der Waals surface area contributed by atoms with E-state index in [9.17, 15) is 13.2 Å². The summed E-state index contributed by atoms with van der Waals surface area (Å²) in [6, 6.07) is 10.2. The number of carbonyl (C=O) groups is 1. The molecule has 0 fully saturated rings. The number of halogens is 1. The molecule has 0 radical (unpaired) electrons. The molecule has 0 spiro atoms. The van der Waals surface area contributed by atoms with Gasteiger partial charge in [-0.1, -0.05) is 12.1 Å². The highest BCUT2D eigenvalue weighted by Crippen LogP contribution is 2.26. The number of para-hydroxylation sites is 1. The van der Waals surface area contributed by atoms with Gasteiger partial charge in [-0.2, -0.15) is 0 Å². The van der Waals surface area contributed by atoms with Crippen molar-refractivity contribution in [3.63, 3.8) is 0 Å². The van der Waals surface area contributed by atoms with E-state index in [1.54, 1.807) is 24.3 Å². The Hall–Kier alpha value is -2.06. The molecule has 0 aliphatic heterocycles. The normalized spacial score (nSPS) is 11.1. The fourth-order valence-electron chi connectivity index (χ4n) is 1.69. The second-order valence-electron chi connectivity index (χ2n) is 4.15. The minimum absolute atomic E-state index is 0.173. The number of sulfonamides is 1. The highest BCUT2D eigenvalue weighted by molar-refractivity contribution is 9.10. The van der Waals surface area contributed by atoms with Gasteiger partial charge in [0.05, 0.1) is 11.3 Å². The van der Waals surface area contributed by atoms with E-state index >= 15 is 0 Å². The third-order valence-electron chi connectivity index (χ3n) is 2.64. The molecule has 0 bridgehead atoms. The van der Waals surface area contributed by atoms with Crippen LogP contribution in [-0.4, -0.2) is 19.5 Å². The highest BCUT2D eigenvalue weighted by atomic mass is 79.9. The van der Waals surface area contributed by atoms with Crippen molar-refractivity contribution < 1.29 is 18.3 Å². The lowest BCUT2D eigenvalue weighted by Crippen LogP contribution is -2.17. The first-order valence-electron chi connectivity index (χ1n) is 5.71. The van der Waals surface area contributed by atoms with Gasteiger partial charge in [0.1, 0.15) is 4.90 Å². The van der Waals surface area contributed by atoms with Crippen LogP contribution in [0.1, 0.15) is 10.4 Å². The fourth-order valence-corrected chi connectivity index (χ4v) is 3.47. The quantitative estimate of drug-likeness (QED) is 0.716. The van der Waals surface area contributed by atoms with Crippen LogP contribution in [0, 0.1) is 0 Å². The summed E-state index contributed by atoms with van der Waals surface area (Å²) in [5.74, 6) is -1.37. The standard InChI is InChI=1S/C13H11BrN2O4S/c14-10-3-1-2-4-11(10)16-21(19,20)12-6-5-8(15)7-9(12)13(17)18/h1-7,16H,15H2,(H,17,18). The molecule has 6 nitrogen and oxygen atoms in total. The molecule has 2 aromatic rings. The van der Waals surface area contributed by atoms with E-state index in [0.717, 1.165) is 12.1 Å². The second kappa shape index (κ2) is 5.74. The molecule has 0 atom stereocenters. The number of hydrogen-bond acceptors (Lipinski definition) is 4. The maximum atomic E-state index is 12.4. The zero-order valence-corrected chi connectivity index (χ0v) is 13.0. The van der Waals surface area contributed by atoms with E-state index in [-0.39, 0.29) is 16.1 Å². The van der Waals surface area contributed by atoms with Crippen LogP contribution in [0.15, 0.2) is 51.8 Å². The molecule has 2 aromatic carbocycles. The molecule has 0 amide bonds. The van der Waals surface area contributed by atoms with Gasteiger partial charge >= 0.3 is 5.97 Å². The van der Waals surface area contributed by atoms with Crippen molar-refractivity contribution in [3.8, 4) is 0 Å². The van der Waals surface area contributed by atoms with Crippen LogP contribution < -0.4 is 10.5 Å². The van der Waals surface area contributed by atoms with Gasteiger partial charge in [0, 0.05) is 10.2 Å². The zero-order chi connectivity index (χ0) is 15.6. The average Bonchev–Trinajstić information content (AvgIpc) is 2.40. The molecular weight excluding hydrogens is 360 g/mol. The number of nitrogens with one attached hydrogen (secondary N) is 1. The first-order valence-corrected chi connectivity index (χ1v) is 7.99. The van der Waals surface area contributed by atoms with E-state index in [2.05, 4.69) is 20.7 Å². The van der Waals surface area contributed by atoms with Gasteiger partial charge in [-0.05, 0) is 46.3 Å². The molecule has 21 heavy (non-hydrogen) atoms. The van der Waals surface area contributed by atoms with E-state index < -0.39 is 16.0 Å². The molecular formula is C13H11BrN2O4S. The van der Waals surface area contributed by atoms with Gasteiger partial charge in [0.2, 0.25) is 0 Å². The average molecular weight is 371 g/mol. The Bertz CT molecular complexity index is 806. The fraction of sp³-hybridized carbons (Fsp3) is 0. The molecule has 0 aromatic heterocycles. The number of aromatic carboxylic acids is 1. The predicted molar refractivity (Wildman–Crippen MR) is 82.8 cm³/mol. The maximum absolute atomic E-state index is 12.4. The molecule has 0 aliphatic rings. The summed E-state index contributed by atoms with van der Waals surface area (Å²) in [5, 5.41) is 9.12.